The molecule has 2 aromatic carbocycles. The number of aromatic nitrogens is 3. The quantitative estimate of drug-likeness (QED) is 0.219. The van der Waals surface area contributed by atoms with Gasteiger partial charge in [0, 0.05) is 18.3 Å². The summed E-state index contributed by atoms with van der Waals surface area (Å²) in [5, 5.41) is 11.0. The highest BCUT2D eigenvalue weighted by Gasteiger charge is 2.25. The summed E-state index contributed by atoms with van der Waals surface area (Å²) < 4.78 is 51.2. The zero-order chi connectivity index (χ0) is 28.2. The summed E-state index contributed by atoms with van der Waals surface area (Å²) in [4.78, 5) is 22.9. The van der Waals surface area contributed by atoms with Crippen molar-refractivity contribution in [1.82, 2.24) is 20.3 Å². The van der Waals surface area contributed by atoms with Gasteiger partial charge in [-0.1, -0.05) is 5.16 Å². The molecule has 0 unspecified atom stereocenters. The van der Waals surface area contributed by atoms with Gasteiger partial charge in [-0.05, 0) is 41.8 Å². The fourth-order valence-electron chi connectivity index (χ4n) is 3.73. The van der Waals surface area contributed by atoms with Gasteiger partial charge >= 0.3 is 5.97 Å². The van der Waals surface area contributed by atoms with Crippen molar-refractivity contribution in [1.29, 1.82) is 0 Å². The Hall–Kier alpha value is -5.03. The molecule has 2 N–H and O–H groups in total. The first kappa shape index (κ1) is 27.0. The van der Waals surface area contributed by atoms with Crippen molar-refractivity contribution in [2.75, 3.05) is 26.1 Å². The molecule has 4 rings (SSSR count). The number of benzene rings is 2. The number of sulfonamides is 1. The minimum atomic E-state index is -4.22. The third kappa shape index (κ3) is 5.78. The molecule has 0 radical (unpaired) electrons. The van der Waals surface area contributed by atoms with E-state index in [1.165, 1.54) is 39.5 Å². The van der Waals surface area contributed by atoms with E-state index in [1.54, 1.807) is 29.2 Å². The first-order valence-electron chi connectivity index (χ1n) is 11.2. The zero-order valence-corrected chi connectivity index (χ0v) is 21.9. The van der Waals surface area contributed by atoms with E-state index >= 15 is 0 Å². The molecule has 2 aromatic heterocycles. The van der Waals surface area contributed by atoms with Gasteiger partial charge in [0.15, 0.2) is 11.4 Å². The van der Waals surface area contributed by atoms with E-state index in [9.17, 15) is 18.0 Å². The molecule has 2 heterocycles. The average Bonchev–Trinajstić information content (AvgIpc) is 3.56. The second kappa shape index (κ2) is 11.2. The van der Waals surface area contributed by atoms with Crippen LogP contribution < -0.4 is 19.5 Å². The smallest absolute Gasteiger partial charge is 0.337 e. The maximum atomic E-state index is 13.2. The van der Waals surface area contributed by atoms with Crippen LogP contribution >= 0.6 is 0 Å². The van der Waals surface area contributed by atoms with E-state index in [0.29, 0.717) is 17.7 Å². The molecule has 0 aliphatic carbocycles. The number of fused-ring (bicyclic) bond motifs is 1. The second-order valence-electron chi connectivity index (χ2n) is 8.04. The lowest BCUT2D eigenvalue weighted by atomic mass is 10.1. The molecule has 0 saturated carbocycles. The summed E-state index contributed by atoms with van der Waals surface area (Å²) in [6, 6.07) is 7.17. The van der Waals surface area contributed by atoms with Crippen molar-refractivity contribution in [3.63, 3.8) is 0 Å². The van der Waals surface area contributed by atoms with Crippen LogP contribution in [0.2, 0.25) is 0 Å². The fraction of sp³-hybridized carbons (Fsp3) is 0.200. The molecule has 13 nitrogen and oxygen atoms in total. The van der Waals surface area contributed by atoms with Crippen molar-refractivity contribution >= 4 is 38.7 Å². The lowest BCUT2D eigenvalue weighted by Crippen LogP contribution is -2.20. The molecular formula is C25H23N5O8S. The predicted octanol–water partition coefficient (Wildman–Crippen LogP) is 1.93. The van der Waals surface area contributed by atoms with Gasteiger partial charge in [-0.25, -0.2) is 13.2 Å². The Morgan fingerprint density at radius 2 is 1.87 bits per heavy atom. The van der Waals surface area contributed by atoms with Crippen LogP contribution in [0.5, 0.6) is 11.5 Å². The number of carbonyl (C=O) groups excluding carboxylic acids is 2. The minimum Gasteiger partial charge on any atom is -0.496 e. The van der Waals surface area contributed by atoms with Gasteiger partial charge in [0.05, 0.1) is 39.6 Å². The number of methoxy groups -OCH3 is 3. The monoisotopic (exact) mass is 553 g/mol. The number of anilines is 1. The van der Waals surface area contributed by atoms with Crippen LogP contribution in [0.3, 0.4) is 0 Å². The van der Waals surface area contributed by atoms with Crippen LogP contribution in [0.25, 0.3) is 11.0 Å². The SMILES string of the molecule is C#CC(=O)NCc1cnn(Cc2cc(OC)c3c(NS(=O)(=O)c4ccc(C(=O)OC)cc4OC)noc3c2)c1. The van der Waals surface area contributed by atoms with Crippen molar-refractivity contribution in [2.45, 2.75) is 18.0 Å². The van der Waals surface area contributed by atoms with Crippen LogP contribution in [-0.2, 0) is 32.6 Å². The first-order valence-corrected chi connectivity index (χ1v) is 12.7. The number of ether oxygens (including phenoxy) is 3. The van der Waals surface area contributed by atoms with Crippen LogP contribution in [0.1, 0.15) is 21.5 Å². The fourth-order valence-corrected chi connectivity index (χ4v) is 4.89. The number of nitrogens with zero attached hydrogens (tertiary/aromatic N) is 3. The van der Waals surface area contributed by atoms with Gasteiger partial charge in [-0.3, -0.25) is 14.2 Å². The van der Waals surface area contributed by atoms with Crippen molar-refractivity contribution in [3.05, 3.63) is 59.4 Å². The lowest BCUT2D eigenvalue weighted by Gasteiger charge is -2.12. The van der Waals surface area contributed by atoms with Gasteiger partial charge < -0.3 is 24.1 Å². The molecule has 1 amide bonds. The maximum absolute atomic E-state index is 13.2. The average molecular weight is 554 g/mol. The molecule has 0 spiro atoms. The largest absolute Gasteiger partial charge is 0.496 e. The molecule has 0 bridgehead atoms. The summed E-state index contributed by atoms with van der Waals surface area (Å²) in [5.41, 5.74) is 1.87. The Bertz CT molecular complexity index is 1700. The van der Waals surface area contributed by atoms with Crippen LogP contribution in [0, 0.1) is 12.3 Å². The third-order valence-electron chi connectivity index (χ3n) is 5.54. The predicted molar refractivity (Wildman–Crippen MR) is 138 cm³/mol. The van der Waals surface area contributed by atoms with Crippen molar-refractivity contribution in [2.24, 2.45) is 0 Å². The first-order chi connectivity index (χ1) is 18.7. The van der Waals surface area contributed by atoms with Gasteiger partial charge in [0.1, 0.15) is 21.8 Å². The molecule has 0 saturated heterocycles. The molecule has 14 heteroatoms. The highest BCUT2D eigenvalue weighted by Crippen LogP contribution is 2.36. The minimum absolute atomic E-state index is 0.0649. The van der Waals surface area contributed by atoms with Crippen LogP contribution in [0.4, 0.5) is 5.82 Å². The maximum Gasteiger partial charge on any atom is 0.337 e. The Labute approximate surface area is 223 Å². The third-order valence-corrected chi connectivity index (χ3v) is 6.92. The number of esters is 1. The van der Waals surface area contributed by atoms with Crippen LogP contribution in [-0.4, -0.2) is 56.6 Å². The zero-order valence-electron chi connectivity index (χ0n) is 21.0. The Morgan fingerprint density at radius 1 is 1.10 bits per heavy atom. The molecule has 0 fully saturated rings. The Morgan fingerprint density at radius 3 is 2.56 bits per heavy atom. The Balaban J connectivity index is 1.60. The normalized spacial score (nSPS) is 11.0. The van der Waals surface area contributed by atoms with Gasteiger partial charge in [0.25, 0.3) is 15.9 Å². The summed E-state index contributed by atoms with van der Waals surface area (Å²) in [6.45, 7) is 0.550. The number of amides is 1. The molecule has 0 aliphatic heterocycles. The highest BCUT2D eigenvalue weighted by molar-refractivity contribution is 7.92. The van der Waals surface area contributed by atoms with E-state index < -0.39 is 21.9 Å². The summed E-state index contributed by atoms with van der Waals surface area (Å²) in [6.07, 6.45) is 8.39. The number of hydrogen-bond acceptors (Lipinski definition) is 10. The lowest BCUT2D eigenvalue weighted by molar-refractivity contribution is -0.115. The van der Waals surface area contributed by atoms with Crippen molar-refractivity contribution < 1.29 is 36.7 Å². The van der Waals surface area contributed by atoms with E-state index in [1.807, 2.05) is 5.92 Å². The molecule has 0 atom stereocenters. The van der Waals surface area contributed by atoms with E-state index in [2.05, 4.69) is 25.0 Å². The van der Waals surface area contributed by atoms with E-state index in [-0.39, 0.29) is 34.2 Å². The van der Waals surface area contributed by atoms with E-state index in [0.717, 1.165) is 11.1 Å². The number of terminal acetylenes is 1. The highest BCUT2D eigenvalue weighted by atomic mass is 32.2. The molecule has 39 heavy (non-hydrogen) atoms. The second-order valence-corrected chi connectivity index (χ2v) is 9.69. The number of rotatable bonds is 10. The topological polar surface area (TPSA) is 164 Å². The number of carbonyl (C=O) groups is 2. The summed E-state index contributed by atoms with van der Waals surface area (Å²) >= 11 is 0. The van der Waals surface area contributed by atoms with Crippen LogP contribution in [0.15, 0.2) is 52.1 Å². The molecule has 4 aromatic rings. The molecule has 0 aliphatic rings. The molecular weight excluding hydrogens is 530 g/mol. The summed E-state index contributed by atoms with van der Waals surface area (Å²) in [5.74, 6) is 0.957. The van der Waals surface area contributed by atoms with Gasteiger partial charge in [-0.2, -0.15) is 5.10 Å². The number of nitrogens with one attached hydrogen (secondary N) is 2. The summed E-state index contributed by atoms with van der Waals surface area (Å²) in [7, 11) is -0.301. The van der Waals surface area contributed by atoms with Crippen molar-refractivity contribution in [3.8, 4) is 23.8 Å². The Kier molecular flexibility index (Phi) is 7.73. The molecule has 202 valence electrons. The van der Waals surface area contributed by atoms with Gasteiger partial charge in [0.2, 0.25) is 0 Å². The standard InChI is InChI=1S/C25H23N5O8S/c1-5-22(31)26-11-16-12-27-30(14-16)13-15-8-19(36-3)23-20(9-15)38-28-24(23)29-39(33,34)21-7-6-17(25(32)37-4)10-18(21)35-2/h1,6-10,12,14H,11,13H2,2-4H3,(H,26,31)(H,28,29). The van der Waals surface area contributed by atoms with E-state index in [4.69, 9.17) is 20.4 Å². The number of hydrogen-bond donors (Lipinski definition) is 2. The van der Waals surface area contributed by atoms with Gasteiger partial charge in [-0.15, -0.1) is 6.42 Å².